The molecule has 0 saturated carbocycles. The molecule has 10 heteroatoms. The second-order valence-electron chi connectivity index (χ2n) is 11.2. The predicted molar refractivity (Wildman–Crippen MR) is 146 cm³/mol. The number of aryl methyl sites for hydroxylation is 1. The normalized spacial score (nSPS) is 13.2. The molecule has 9 nitrogen and oxygen atoms in total. The lowest BCUT2D eigenvalue weighted by Crippen LogP contribution is -2.37. The molecule has 1 aromatic carbocycles. The van der Waals surface area contributed by atoms with Crippen LogP contribution in [0.4, 0.5) is 4.79 Å². The van der Waals surface area contributed by atoms with Crippen LogP contribution in [-0.2, 0) is 24.2 Å². The molecule has 0 fully saturated rings. The van der Waals surface area contributed by atoms with Crippen LogP contribution in [0.1, 0.15) is 95.4 Å². The van der Waals surface area contributed by atoms with Crippen LogP contribution < -0.4 is 5.32 Å². The average molecular weight is 551 g/mol. The molecular weight excluding hydrogens is 508 g/mol. The van der Waals surface area contributed by atoms with E-state index >= 15 is 0 Å². The number of aromatic nitrogens is 1. The first-order valence-electron chi connectivity index (χ1n) is 12.9. The number of alkyl carbamates (subject to hydrolysis) is 1. The van der Waals surface area contributed by atoms with E-state index in [2.05, 4.69) is 5.32 Å². The van der Waals surface area contributed by atoms with Crippen LogP contribution in [0.15, 0.2) is 41.4 Å². The van der Waals surface area contributed by atoms with Gasteiger partial charge in [0.05, 0.1) is 22.2 Å². The molecule has 0 aliphatic heterocycles. The standard InChI is InChI=1S/C28H42N2O7S/c1-9-10-18-35-19-16-23(29-26(32)37-28(6,7)8)24-22(25(31)36-27(3,4)5)15-17-30(24)38(33,34)21-13-11-20(2)12-14-21/h11-15,17,23H,9-10,16,18-19H2,1-8H3,(H,29,32)/t23-/m1/s1. The third-order valence-electron chi connectivity index (χ3n) is 5.30. The van der Waals surface area contributed by atoms with Crippen molar-refractivity contribution in [2.75, 3.05) is 13.2 Å². The van der Waals surface area contributed by atoms with Crippen LogP contribution in [-0.4, -0.2) is 48.9 Å². The molecule has 1 atom stereocenters. The predicted octanol–water partition coefficient (Wildman–Crippen LogP) is 5.76. The molecule has 1 N–H and O–H groups in total. The summed E-state index contributed by atoms with van der Waals surface area (Å²) in [6.45, 7) is 15.0. The van der Waals surface area contributed by atoms with Crippen LogP contribution >= 0.6 is 0 Å². The number of amides is 1. The van der Waals surface area contributed by atoms with Crippen molar-refractivity contribution in [3.8, 4) is 0 Å². The Balaban J connectivity index is 2.63. The first kappa shape index (κ1) is 31.4. The number of benzene rings is 1. The van der Waals surface area contributed by atoms with Gasteiger partial charge in [-0.3, -0.25) is 0 Å². The summed E-state index contributed by atoms with van der Waals surface area (Å²) < 4.78 is 45.3. The van der Waals surface area contributed by atoms with Gasteiger partial charge in [0.1, 0.15) is 11.2 Å². The average Bonchev–Trinajstić information content (AvgIpc) is 3.22. The lowest BCUT2D eigenvalue weighted by Gasteiger charge is -2.26. The van der Waals surface area contributed by atoms with Crippen molar-refractivity contribution in [2.24, 2.45) is 0 Å². The van der Waals surface area contributed by atoms with Crippen molar-refractivity contribution in [2.45, 2.75) is 96.8 Å². The molecule has 0 saturated heterocycles. The highest BCUT2D eigenvalue weighted by molar-refractivity contribution is 7.90. The molecule has 1 heterocycles. The topological polar surface area (TPSA) is 113 Å². The van der Waals surface area contributed by atoms with Crippen molar-refractivity contribution in [1.29, 1.82) is 0 Å². The molecule has 0 radical (unpaired) electrons. The van der Waals surface area contributed by atoms with Crippen molar-refractivity contribution in [3.63, 3.8) is 0 Å². The second-order valence-corrected chi connectivity index (χ2v) is 13.0. The van der Waals surface area contributed by atoms with Crippen molar-refractivity contribution >= 4 is 22.1 Å². The summed E-state index contributed by atoms with van der Waals surface area (Å²) >= 11 is 0. The fourth-order valence-corrected chi connectivity index (χ4v) is 5.00. The monoisotopic (exact) mass is 550 g/mol. The minimum Gasteiger partial charge on any atom is -0.456 e. The molecule has 0 spiro atoms. The summed E-state index contributed by atoms with van der Waals surface area (Å²) in [5.74, 6) is -0.701. The zero-order valence-corrected chi connectivity index (χ0v) is 24.6. The van der Waals surface area contributed by atoms with E-state index < -0.39 is 39.3 Å². The third-order valence-corrected chi connectivity index (χ3v) is 7.00. The zero-order chi connectivity index (χ0) is 28.7. The summed E-state index contributed by atoms with van der Waals surface area (Å²) in [7, 11) is -4.12. The first-order chi connectivity index (χ1) is 17.5. The number of nitrogens with one attached hydrogen (secondary N) is 1. The van der Waals surface area contributed by atoms with Gasteiger partial charge in [-0.15, -0.1) is 0 Å². The number of unbranched alkanes of at least 4 members (excludes halogenated alkanes) is 1. The Morgan fingerprint density at radius 2 is 1.55 bits per heavy atom. The van der Waals surface area contributed by atoms with Gasteiger partial charge in [-0.1, -0.05) is 31.0 Å². The second kappa shape index (κ2) is 12.8. The maximum atomic E-state index is 13.8. The molecule has 2 aromatic rings. The first-order valence-corrected chi connectivity index (χ1v) is 14.3. The Hall–Kier alpha value is -2.85. The SMILES string of the molecule is CCCCOCC[C@@H](NC(=O)OC(C)(C)C)c1c(C(=O)OC(C)(C)C)ccn1S(=O)(=O)c1ccc(C)cc1. The number of esters is 1. The van der Waals surface area contributed by atoms with E-state index in [4.69, 9.17) is 14.2 Å². The molecule has 2 rings (SSSR count). The minimum atomic E-state index is -4.12. The van der Waals surface area contributed by atoms with Crippen molar-refractivity contribution in [3.05, 3.63) is 53.3 Å². The van der Waals surface area contributed by atoms with Gasteiger partial charge in [0.15, 0.2) is 0 Å². The van der Waals surface area contributed by atoms with Crippen LogP contribution in [0.2, 0.25) is 0 Å². The Morgan fingerprint density at radius 3 is 2.11 bits per heavy atom. The lowest BCUT2D eigenvalue weighted by atomic mass is 10.1. The maximum absolute atomic E-state index is 13.8. The number of hydrogen-bond acceptors (Lipinski definition) is 7. The van der Waals surface area contributed by atoms with E-state index in [0.717, 1.165) is 22.4 Å². The summed E-state index contributed by atoms with van der Waals surface area (Å²) in [6, 6.07) is 6.88. The number of nitrogens with zero attached hydrogens (tertiary/aromatic N) is 1. The van der Waals surface area contributed by atoms with Crippen molar-refractivity contribution < 1.29 is 32.2 Å². The van der Waals surface area contributed by atoms with E-state index in [1.165, 1.54) is 24.4 Å². The Labute approximate surface area is 226 Å². The molecule has 0 aliphatic carbocycles. The molecular formula is C28H42N2O7S. The van der Waals surface area contributed by atoms with Crippen molar-refractivity contribution in [1.82, 2.24) is 9.29 Å². The summed E-state index contributed by atoms with van der Waals surface area (Å²) in [5.41, 5.74) is -0.588. The number of hydrogen-bond donors (Lipinski definition) is 1. The van der Waals surface area contributed by atoms with Gasteiger partial charge in [0.2, 0.25) is 0 Å². The number of carbonyl (C=O) groups is 2. The molecule has 0 unspecified atom stereocenters. The van der Waals surface area contributed by atoms with E-state index in [1.54, 1.807) is 53.7 Å². The van der Waals surface area contributed by atoms with Gasteiger partial charge >= 0.3 is 12.1 Å². The fourth-order valence-electron chi connectivity index (χ4n) is 3.58. The van der Waals surface area contributed by atoms with E-state index in [9.17, 15) is 18.0 Å². The van der Waals surface area contributed by atoms with Crippen LogP contribution in [0.3, 0.4) is 0 Å². The van der Waals surface area contributed by atoms with E-state index in [-0.39, 0.29) is 29.2 Å². The Bertz CT molecular complexity index is 1190. The van der Waals surface area contributed by atoms with Gasteiger partial charge in [-0.25, -0.2) is 22.0 Å². The molecule has 0 bridgehead atoms. The quantitative estimate of drug-likeness (QED) is 0.279. The van der Waals surface area contributed by atoms with Crippen LogP contribution in [0.25, 0.3) is 0 Å². The molecule has 1 aromatic heterocycles. The zero-order valence-electron chi connectivity index (χ0n) is 23.8. The van der Waals surface area contributed by atoms with Gasteiger partial charge in [-0.05, 0) is 79.5 Å². The lowest BCUT2D eigenvalue weighted by molar-refractivity contribution is 0.00654. The van der Waals surface area contributed by atoms with Gasteiger partial charge in [-0.2, -0.15) is 0 Å². The van der Waals surface area contributed by atoms with Gasteiger partial charge in [0.25, 0.3) is 10.0 Å². The number of rotatable bonds is 11. The summed E-state index contributed by atoms with van der Waals surface area (Å²) in [4.78, 5) is 26.1. The minimum absolute atomic E-state index is 0.0326. The largest absolute Gasteiger partial charge is 0.456 e. The van der Waals surface area contributed by atoms with E-state index in [0.29, 0.717) is 6.61 Å². The number of carbonyl (C=O) groups excluding carboxylic acids is 2. The highest BCUT2D eigenvalue weighted by Gasteiger charge is 2.33. The van der Waals surface area contributed by atoms with Gasteiger partial charge in [0, 0.05) is 19.4 Å². The van der Waals surface area contributed by atoms with Crippen LogP contribution in [0, 0.1) is 6.92 Å². The molecule has 212 valence electrons. The fraction of sp³-hybridized carbons (Fsp3) is 0.571. The third kappa shape index (κ3) is 9.16. The molecule has 0 aliphatic rings. The number of ether oxygens (including phenoxy) is 3. The smallest absolute Gasteiger partial charge is 0.408 e. The maximum Gasteiger partial charge on any atom is 0.408 e. The highest BCUT2D eigenvalue weighted by Crippen LogP contribution is 2.29. The Morgan fingerprint density at radius 1 is 0.947 bits per heavy atom. The molecule has 38 heavy (non-hydrogen) atoms. The summed E-state index contributed by atoms with van der Waals surface area (Å²) in [5, 5.41) is 2.76. The van der Waals surface area contributed by atoms with Crippen LogP contribution in [0.5, 0.6) is 0 Å². The summed E-state index contributed by atoms with van der Waals surface area (Å²) in [6.07, 6.45) is 2.59. The van der Waals surface area contributed by atoms with E-state index in [1.807, 2.05) is 13.8 Å². The Kier molecular flexibility index (Phi) is 10.6. The molecule has 1 amide bonds. The highest BCUT2D eigenvalue weighted by atomic mass is 32.2. The van der Waals surface area contributed by atoms with Gasteiger partial charge < -0.3 is 19.5 Å².